The SMILES string of the molecule is O=C(O)C[C@H](NC(=O)c1ccccc1F)c1ccc(Cl)cc1. The predicted octanol–water partition coefficient (Wildman–Crippen LogP) is 3.42. The second-order valence-corrected chi connectivity index (χ2v) is 5.09. The molecule has 2 N–H and O–H groups in total. The number of nitrogens with one attached hydrogen (secondary N) is 1. The number of carboxylic acids is 1. The van der Waals surface area contributed by atoms with Crippen molar-refractivity contribution < 1.29 is 19.1 Å². The maximum atomic E-state index is 13.6. The Balaban J connectivity index is 2.23. The number of aliphatic carboxylic acids is 1. The van der Waals surface area contributed by atoms with Crippen LogP contribution in [0, 0.1) is 5.82 Å². The summed E-state index contributed by atoms with van der Waals surface area (Å²) in [5.41, 5.74) is 0.448. The van der Waals surface area contributed by atoms with E-state index in [2.05, 4.69) is 5.32 Å². The number of amides is 1. The van der Waals surface area contributed by atoms with E-state index in [-0.39, 0.29) is 12.0 Å². The lowest BCUT2D eigenvalue weighted by atomic mass is 10.0. The summed E-state index contributed by atoms with van der Waals surface area (Å²) in [5, 5.41) is 12.0. The molecule has 0 aliphatic carbocycles. The van der Waals surface area contributed by atoms with Crippen LogP contribution in [0.5, 0.6) is 0 Å². The van der Waals surface area contributed by atoms with Gasteiger partial charge in [-0.2, -0.15) is 0 Å². The molecule has 0 bridgehead atoms. The Morgan fingerprint density at radius 3 is 2.36 bits per heavy atom. The summed E-state index contributed by atoms with van der Waals surface area (Å²) >= 11 is 5.79. The summed E-state index contributed by atoms with van der Waals surface area (Å²) in [6.45, 7) is 0. The first-order valence-corrected chi connectivity index (χ1v) is 6.88. The fraction of sp³-hybridized carbons (Fsp3) is 0.125. The normalized spacial score (nSPS) is 11.7. The lowest BCUT2D eigenvalue weighted by molar-refractivity contribution is -0.137. The average molecular weight is 322 g/mol. The second kappa shape index (κ2) is 7.04. The maximum Gasteiger partial charge on any atom is 0.305 e. The fourth-order valence-corrected chi connectivity index (χ4v) is 2.13. The minimum atomic E-state index is -1.08. The second-order valence-electron chi connectivity index (χ2n) is 4.66. The molecule has 1 amide bonds. The Hall–Kier alpha value is -2.40. The van der Waals surface area contributed by atoms with Crippen molar-refractivity contribution in [3.05, 3.63) is 70.5 Å². The third-order valence-corrected chi connectivity index (χ3v) is 3.33. The smallest absolute Gasteiger partial charge is 0.305 e. The Kier molecular flexibility index (Phi) is 5.12. The molecule has 0 aliphatic rings. The number of halogens is 2. The van der Waals surface area contributed by atoms with Crippen LogP contribution in [-0.2, 0) is 4.79 Å². The molecule has 2 aromatic carbocycles. The first kappa shape index (κ1) is 16.0. The highest BCUT2D eigenvalue weighted by molar-refractivity contribution is 6.30. The molecule has 2 rings (SSSR count). The molecule has 0 saturated carbocycles. The third kappa shape index (κ3) is 4.05. The third-order valence-electron chi connectivity index (χ3n) is 3.07. The average Bonchev–Trinajstić information content (AvgIpc) is 2.47. The highest BCUT2D eigenvalue weighted by Crippen LogP contribution is 2.20. The number of carbonyl (C=O) groups is 2. The Morgan fingerprint density at radius 1 is 1.14 bits per heavy atom. The van der Waals surface area contributed by atoms with Crippen LogP contribution < -0.4 is 5.32 Å². The summed E-state index contributed by atoms with van der Waals surface area (Å²) in [5.74, 6) is -2.40. The predicted molar refractivity (Wildman–Crippen MR) is 80.3 cm³/mol. The van der Waals surface area contributed by atoms with Crippen molar-refractivity contribution in [3.63, 3.8) is 0 Å². The van der Waals surface area contributed by atoms with Gasteiger partial charge in [0.1, 0.15) is 5.82 Å². The molecule has 0 radical (unpaired) electrons. The van der Waals surface area contributed by atoms with Gasteiger partial charge in [-0.15, -0.1) is 0 Å². The number of carbonyl (C=O) groups excluding carboxylic acids is 1. The molecule has 1 atom stereocenters. The quantitative estimate of drug-likeness (QED) is 0.886. The number of hydrogen-bond acceptors (Lipinski definition) is 2. The van der Waals surface area contributed by atoms with Crippen molar-refractivity contribution in [3.8, 4) is 0 Å². The molecule has 0 aromatic heterocycles. The number of carboxylic acid groups (broad SMARTS) is 1. The molecule has 6 heteroatoms. The maximum absolute atomic E-state index is 13.6. The first-order chi connectivity index (χ1) is 10.5. The van der Waals surface area contributed by atoms with E-state index in [4.69, 9.17) is 16.7 Å². The molecule has 4 nitrogen and oxygen atoms in total. The standard InChI is InChI=1S/C16H13ClFNO3/c17-11-7-5-10(6-8-11)14(9-15(20)21)19-16(22)12-3-1-2-4-13(12)18/h1-8,14H,9H2,(H,19,22)(H,20,21)/t14-/m0/s1. The van der Waals surface area contributed by atoms with E-state index in [0.29, 0.717) is 10.6 Å². The summed E-state index contributed by atoms with van der Waals surface area (Å²) in [4.78, 5) is 23.1. The number of hydrogen-bond donors (Lipinski definition) is 2. The number of rotatable bonds is 5. The molecule has 114 valence electrons. The highest BCUT2D eigenvalue weighted by atomic mass is 35.5. The van der Waals surface area contributed by atoms with Gasteiger partial charge in [-0.25, -0.2) is 4.39 Å². The molecular weight excluding hydrogens is 309 g/mol. The van der Waals surface area contributed by atoms with Crippen LogP contribution in [0.3, 0.4) is 0 Å². The molecule has 0 unspecified atom stereocenters. The van der Waals surface area contributed by atoms with E-state index < -0.39 is 23.7 Å². The van der Waals surface area contributed by atoms with Crippen molar-refractivity contribution in [2.24, 2.45) is 0 Å². The molecule has 0 heterocycles. The van der Waals surface area contributed by atoms with Crippen molar-refractivity contribution >= 4 is 23.5 Å². The van der Waals surface area contributed by atoms with Crippen LogP contribution in [-0.4, -0.2) is 17.0 Å². The minimum absolute atomic E-state index is 0.133. The lowest BCUT2D eigenvalue weighted by Gasteiger charge is -2.18. The lowest BCUT2D eigenvalue weighted by Crippen LogP contribution is -2.30. The van der Waals surface area contributed by atoms with Gasteiger partial charge in [-0.1, -0.05) is 35.9 Å². The Morgan fingerprint density at radius 2 is 1.77 bits per heavy atom. The van der Waals surface area contributed by atoms with Crippen molar-refractivity contribution in [2.75, 3.05) is 0 Å². The van der Waals surface area contributed by atoms with Gasteiger partial charge < -0.3 is 10.4 Å². The fourth-order valence-electron chi connectivity index (χ4n) is 2.00. The first-order valence-electron chi connectivity index (χ1n) is 6.50. The largest absolute Gasteiger partial charge is 0.481 e. The van der Waals surface area contributed by atoms with Gasteiger partial charge in [0.2, 0.25) is 0 Å². The van der Waals surface area contributed by atoms with Crippen molar-refractivity contribution in [1.29, 1.82) is 0 Å². The van der Waals surface area contributed by atoms with Gasteiger partial charge in [0.05, 0.1) is 18.0 Å². The topological polar surface area (TPSA) is 66.4 Å². The zero-order chi connectivity index (χ0) is 16.1. The molecule has 0 spiro atoms. The van der Waals surface area contributed by atoms with Crippen LogP contribution in [0.1, 0.15) is 28.4 Å². The van der Waals surface area contributed by atoms with Gasteiger partial charge in [0.25, 0.3) is 5.91 Å². The summed E-state index contributed by atoms with van der Waals surface area (Å²) in [7, 11) is 0. The van der Waals surface area contributed by atoms with E-state index in [1.807, 2.05) is 0 Å². The van der Waals surface area contributed by atoms with Gasteiger partial charge >= 0.3 is 5.97 Å². The van der Waals surface area contributed by atoms with Crippen LogP contribution in [0.25, 0.3) is 0 Å². The minimum Gasteiger partial charge on any atom is -0.481 e. The van der Waals surface area contributed by atoms with Crippen LogP contribution in [0.2, 0.25) is 5.02 Å². The van der Waals surface area contributed by atoms with Crippen LogP contribution >= 0.6 is 11.6 Å². The van der Waals surface area contributed by atoms with E-state index >= 15 is 0 Å². The van der Waals surface area contributed by atoms with E-state index in [0.717, 1.165) is 0 Å². The Bertz CT molecular complexity index is 688. The molecule has 0 fully saturated rings. The van der Waals surface area contributed by atoms with Crippen molar-refractivity contribution in [2.45, 2.75) is 12.5 Å². The highest BCUT2D eigenvalue weighted by Gasteiger charge is 2.20. The molecular formula is C16H13ClFNO3. The van der Waals surface area contributed by atoms with Gasteiger partial charge in [-0.3, -0.25) is 9.59 Å². The molecule has 0 aliphatic heterocycles. The van der Waals surface area contributed by atoms with E-state index in [1.54, 1.807) is 24.3 Å². The zero-order valence-corrected chi connectivity index (χ0v) is 12.2. The van der Waals surface area contributed by atoms with E-state index in [1.165, 1.54) is 24.3 Å². The molecule has 22 heavy (non-hydrogen) atoms. The number of benzene rings is 2. The summed E-state index contributed by atoms with van der Waals surface area (Å²) < 4.78 is 13.6. The summed E-state index contributed by atoms with van der Waals surface area (Å²) in [6, 6.07) is 11.2. The van der Waals surface area contributed by atoms with Gasteiger partial charge in [-0.05, 0) is 29.8 Å². The monoisotopic (exact) mass is 321 g/mol. The Labute approximate surface area is 131 Å². The van der Waals surface area contributed by atoms with Gasteiger partial charge in [0, 0.05) is 5.02 Å². The van der Waals surface area contributed by atoms with Crippen molar-refractivity contribution in [1.82, 2.24) is 5.32 Å². The summed E-state index contributed by atoms with van der Waals surface area (Å²) in [6.07, 6.45) is -0.318. The zero-order valence-electron chi connectivity index (χ0n) is 11.4. The molecule has 2 aromatic rings. The van der Waals surface area contributed by atoms with Crippen LogP contribution in [0.4, 0.5) is 4.39 Å². The van der Waals surface area contributed by atoms with Crippen LogP contribution in [0.15, 0.2) is 48.5 Å². The van der Waals surface area contributed by atoms with Gasteiger partial charge in [0.15, 0.2) is 0 Å². The molecule has 0 saturated heterocycles. The van der Waals surface area contributed by atoms with E-state index in [9.17, 15) is 14.0 Å².